The molecular formula is C12H16N4O. The number of carbonyl (C=O) groups is 1. The quantitative estimate of drug-likeness (QED) is 0.833. The van der Waals surface area contributed by atoms with Crippen molar-refractivity contribution in [2.45, 2.75) is 12.8 Å². The van der Waals surface area contributed by atoms with E-state index in [4.69, 9.17) is 5.73 Å². The highest BCUT2D eigenvalue weighted by Gasteiger charge is 2.10. The number of nitrogens with one attached hydrogen (secondary N) is 1. The molecule has 0 aliphatic carbocycles. The van der Waals surface area contributed by atoms with Crippen molar-refractivity contribution in [3.63, 3.8) is 0 Å². The second-order valence-corrected chi connectivity index (χ2v) is 3.95. The summed E-state index contributed by atoms with van der Waals surface area (Å²) >= 11 is 0. The Balaban J connectivity index is 2.17. The molecule has 0 aliphatic rings. The lowest BCUT2D eigenvalue weighted by Gasteiger charge is -2.17. The van der Waals surface area contributed by atoms with Crippen LogP contribution >= 0.6 is 0 Å². The van der Waals surface area contributed by atoms with Gasteiger partial charge in [0, 0.05) is 19.2 Å². The summed E-state index contributed by atoms with van der Waals surface area (Å²) in [4.78, 5) is 20.6. The first-order valence-corrected chi connectivity index (χ1v) is 5.62. The highest BCUT2D eigenvalue weighted by molar-refractivity contribution is 5.94. The van der Waals surface area contributed by atoms with Gasteiger partial charge in [0.2, 0.25) is 5.91 Å². The van der Waals surface area contributed by atoms with Gasteiger partial charge in [-0.25, -0.2) is 4.98 Å². The van der Waals surface area contributed by atoms with Crippen molar-refractivity contribution in [1.82, 2.24) is 9.97 Å². The fourth-order valence-electron chi connectivity index (χ4n) is 1.70. The van der Waals surface area contributed by atoms with Gasteiger partial charge in [0.25, 0.3) is 0 Å². The Labute approximate surface area is 99.6 Å². The second kappa shape index (κ2) is 4.97. The van der Waals surface area contributed by atoms with Gasteiger partial charge in [0.05, 0.1) is 17.4 Å². The SMILES string of the molecule is CN(C(=O)CCCN)c1ccc2nc[nH]c2c1. The summed E-state index contributed by atoms with van der Waals surface area (Å²) in [6.45, 7) is 0.541. The van der Waals surface area contributed by atoms with Crippen LogP contribution < -0.4 is 10.6 Å². The first kappa shape index (κ1) is 11.6. The summed E-state index contributed by atoms with van der Waals surface area (Å²) in [7, 11) is 1.77. The zero-order chi connectivity index (χ0) is 12.3. The molecule has 5 nitrogen and oxygen atoms in total. The number of benzene rings is 1. The van der Waals surface area contributed by atoms with E-state index in [1.54, 1.807) is 18.3 Å². The average Bonchev–Trinajstić information content (AvgIpc) is 2.81. The number of imidazole rings is 1. The van der Waals surface area contributed by atoms with Crippen LogP contribution in [0, 0.1) is 0 Å². The average molecular weight is 232 g/mol. The van der Waals surface area contributed by atoms with Crippen LogP contribution in [-0.2, 0) is 4.79 Å². The fraction of sp³-hybridized carbons (Fsp3) is 0.333. The Morgan fingerprint density at radius 2 is 2.35 bits per heavy atom. The van der Waals surface area contributed by atoms with Crippen molar-refractivity contribution >= 4 is 22.6 Å². The number of nitrogens with two attached hydrogens (primary N) is 1. The van der Waals surface area contributed by atoms with Gasteiger partial charge in [-0.15, -0.1) is 0 Å². The standard InChI is InChI=1S/C12H16N4O/c1-16(12(17)3-2-6-13)9-4-5-10-11(7-9)15-8-14-10/h4-5,7-8H,2-3,6,13H2,1H3,(H,14,15). The fourth-order valence-corrected chi connectivity index (χ4v) is 1.70. The molecule has 2 aromatic rings. The summed E-state index contributed by atoms with van der Waals surface area (Å²) in [5, 5.41) is 0. The van der Waals surface area contributed by atoms with Crippen LogP contribution in [0.5, 0.6) is 0 Å². The number of aromatic nitrogens is 2. The van der Waals surface area contributed by atoms with Crippen LogP contribution in [0.3, 0.4) is 0 Å². The van der Waals surface area contributed by atoms with Crippen molar-refractivity contribution < 1.29 is 4.79 Å². The van der Waals surface area contributed by atoms with E-state index in [1.807, 2.05) is 18.2 Å². The molecule has 2 rings (SSSR count). The summed E-state index contributed by atoms with van der Waals surface area (Å²) < 4.78 is 0. The van der Waals surface area contributed by atoms with E-state index >= 15 is 0 Å². The molecule has 0 bridgehead atoms. The number of rotatable bonds is 4. The summed E-state index contributed by atoms with van der Waals surface area (Å²) in [6.07, 6.45) is 2.84. The highest BCUT2D eigenvalue weighted by atomic mass is 16.2. The molecule has 0 atom stereocenters. The van der Waals surface area contributed by atoms with E-state index in [-0.39, 0.29) is 5.91 Å². The monoisotopic (exact) mass is 232 g/mol. The number of anilines is 1. The topological polar surface area (TPSA) is 75.0 Å². The Hall–Kier alpha value is -1.88. The summed E-state index contributed by atoms with van der Waals surface area (Å²) in [5.41, 5.74) is 8.09. The first-order valence-electron chi connectivity index (χ1n) is 5.62. The van der Waals surface area contributed by atoms with E-state index in [0.29, 0.717) is 13.0 Å². The number of nitrogens with zero attached hydrogens (tertiary/aromatic N) is 2. The minimum atomic E-state index is 0.0781. The van der Waals surface area contributed by atoms with Gasteiger partial charge < -0.3 is 15.6 Å². The van der Waals surface area contributed by atoms with E-state index in [1.165, 1.54) is 0 Å². The lowest BCUT2D eigenvalue weighted by molar-refractivity contribution is -0.118. The van der Waals surface area contributed by atoms with Crippen LogP contribution in [0.25, 0.3) is 11.0 Å². The molecule has 0 fully saturated rings. The van der Waals surface area contributed by atoms with Crippen LogP contribution in [0.4, 0.5) is 5.69 Å². The number of fused-ring (bicyclic) bond motifs is 1. The van der Waals surface area contributed by atoms with Crippen LogP contribution in [0.15, 0.2) is 24.5 Å². The van der Waals surface area contributed by atoms with Crippen LogP contribution in [-0.4, -0.2) is 29.5 Å². The van der Waals surface area contributed by atoms with Gasteiger partial charge in [0.15, 0.2) is 0 Å². The largest absolute Gasteiger partial charge is 0.345 e. The lowest BCUT2D eigenvalue weighted by atomic mass is 10.2. The number of H-pyrrole nitrogens is 1. The number of hydrogen-bond donors (Lipinski definition) is 2. The Bertz CT molecular complexity index is 520. The van der Waals surface area contributed by atoms with Crippen molar-refractivity contribution in [1.29, 1.82) is 0 Å². The van der Waals surface area contributed by atoms with Crippen LogP contribution in [0.2, 0.25) is 0 Å². The molecule has 0 radical (unpaired) electrons. The van der Waals surface area contributed by atoms with Crippen molar-refractivity contribution in [2.24, 2.45) is 5.73 Å². The third kappa shape index (κ3) is 2.45. The number of hydrogen-bond acceptors (Lipinski definition) is 3. The normalized spacial score (nSPS) is 10.7. The highest BCUT2D eigenvalue weighted by Crippen LogP contribution is 2.19. The van der Waals surface area contributed by atoms with Crippen molar-refractivity contribution in [3.8, 4) is 0 Å². The number of amides is 1. The minimum absolute atomic E-state index is 0.0781. The molecule has 1 heterocycles. The Morgan fingerprint density at radius 3 is 3.12 bits per heavy atom. The van der Waals surface area contributed by atoms with Crippen molar-refractivity contribution in [3.05, 3.63) is 24.5 Å². The second-order valence-electron chi connectivity index (χ2n) is 3.95. The first-order chi connectivity index (χ1) is 8.22. The van der Waals surface area contributed by atoms with Crippen molar-refractivity contribution in [2.75, 3.05) is 18.5 Å². The molecule has 1 aromatic heterocycles. The third-order valence-corrected chi connectivity index (χ3v) is 2.76. The molecule has 17 heavy (non-hydrogen) atoms. The van der Waals surface area contributed by atoms with Gasteiger partial charge >= 0.3 is 0 Å². The molecule has 0 saturated heterocycles. The molecule has 5 heteroatoms. The Kier molecular flexibility index (Phi) is 3.39. The van der Waals surface area contributed by atoms with Gasteiger partial charge in [-0.2, -0.15) is 0 Å². The third-order valence-electron chi connectivity index (χ3n) is 2.76. The molecule has 0 unspecified atom stereocenters. The smallest absolute Gasteiger partial charge is 0.226 e. The van der Waals surface area contributed by atoms with Gasteiger partial charge in [-0.3, -0.25) is 4.79 Å². The zero-order valence-corrected chi connectivity index (χ0v) is 9.81. The van der Waals surface area contributed by atoms with Gasteiger partial charge in [-0.05, 0) is 31.2 Å². The van der Waals surface area contributed by atoms with E-state index < -0.39 is 0 Å². The maximum atomic E-state index is 11.8. The number of carbonyl (C=O) groups excluding carboxylic acids is 1. The molecule has 0 spiro atoms. The Morgan fingerprint density at radius 1 is 1.53 bits per heavy atom. The predicted octanol–water partition coefficient (Wildman–Crippen LogP) is 1.26. The molecule has 1 aromatic carbocycles. The molecule has 0 aliphatic heterocycles. The molecule has 0 saturated carbocycles. The molecule has 1 amide bonds. The van der Waals surface area contributed by atoms with E-state index in [0.717, 1.165) is 23.1 Å². The summed E-state index contributed by atoms with van der Waals surface area (Å²) in [5.74, 6) is 0.0781. The minimum Gasteiger partial charge on any atom is -0.345 e. The zero-order valence-electron chi connectivity index (χ0n) is 9.81. The van der Waals surface area contributed by atoms with Gasteiger partial charge in [-0.1, -0.05) is 0 Å². The lowest BCUT2D eigenvalue weighted by Crippen LogP contribution is -2.26. The molecule has 3 N–H and O–H groups in total. The van der Waals surface area contributed by atoms with E-state index in [2.05, 4.69) is 9.97 Å². The van der Waals surface area contributed by atoms with Gasteiger partial charge in [0.1, 0.15) is 0 Å². The molecular weight excluding hydrogens is 216 g/mol. The van der Waals surface area contributed by atoms with E-state index in [9.17, 15) is 4.79 Å². The van der Waals surface area contributed by atoms with Crippen LogP contribution in [0.1, 0.15) is 12.8 Å². The molecule has 90 valence electrons. The summed E-state index contributed by atoms with van der Waals surface area (Å²) in [6, 6.07) is 5.71. The predicted molar refractivity (Wildman–Crippen MR) is 67.8 cm³/mol. The maximum absolute atomic E-state index is 11.8. The maximum Gasteiger partial charge on any atom is 0.226 e. The number of aromatic amines is 1.